The zero-order chi connectivity index (χ0) is 21.6. The Hall–Kier alpha value is -3.06. The van der Waals surface area contributed by atoms with Gasteiger partial charge in [0.15, 0.2) is 11.6 Å². The number of carbonyl (C=O) groups is 1. The van der Waals surface area contributed by atoms with Gasteiger partial charge in [0.2, 0.25) is 0 Å². The number of fused-ring (bicyclic) bond motifs is 4. The maximum atomic E-state index is 14.1. The van der Waals surface area contributed by atoms with Gasteiger partial charge in [0.1, 0.15) is 5.75 Å². The largest absolute Gasteiger partial charge is 0.497 e. The Morgan fingerprint density at radius 3 is 2.61 bits per heavy atom. The van der Waals surface area contributed by atoms with Gasteiger partial charge >= 0.3 is 0 Å². The number of carbonyl (C=O) groups excluding carboxylic acids is 1. The van der Waals surface area contributed by atoms with Crippen LogP contribution in [-0.4, -0.2) is 49.6 Å². The number of halogens is 1. The average Bonchev–Trinajstić information content (AvgIpc) is 3.18. The van der Waals surface area contributed by atoms with Crippen LogP contribution in [0.2, 0.25) is 0 Å². The number of nitrogens with zero attached hydrogens (tertiary/aromatic N) is 1. The molecule has 2 aliphatic heterocycles. The van der Waals surface area contributed by atoms with Crippen molar-refractivity contribution >= 4 is 16.8 Å². The second-order valence-corrected chi connectivity index (χ2v) is 8.29. The van der Waals surface area contributed by atoms with Crippen molar-refractivity contribution in [2.45, 2.75) is 24.8 Å². The number of hydrogen-bond acceptors (Lipinski definition) is 4. The number of ether oxygens (including phenoxy) is 2. The van der Waals surface area contributed by atoms with Gasteiger partial charge in [0.25, 0.3) is 5.91 Å². The maximum Gasteiger partial charge on any atom is 0.253 e. The molecule has 2 aliphatic rings. The molecule has 2 N–H and O–H groups in total. The standard InChI is InChI=1S/C24H26FN3O3/c1-30-16-4-5-20-18(14-16)17-7-10-26-24(22(17)27-20)8-11-28(12-9-24)23(29)15-3-6-21(31-2)19(25)13-15/h3-6,13-14,26-27H,7-12H2,1-2H3. The fourth-order valence-corrected chi connectivity index (χ4v) is 5.04. The molecule has 3 heterocycles. The van der Waals surface area contributed by atoms with E-state index in [-0.39, 0.29) is 17.2 Å². The van der Waals surface area contributed by atoms with E-state index in [1.807, 2.05) is 11.0 Å². The van der Waals surface area contributed by atoms with Crippen LogP contribution in [0.5, 0.6) is 11.5 Å². The van der Waals surface area contributed by atoms with Crippen molar-refractivity contribution in [2.24, 2.45) is 0 Å². The summed E-state index contributed by atoms with van der Waals surface area (Å²) in [7, 11) is 3.10. The van der Waals surface area contributed by atoms with Gasteiger partial charge < -0.3 is 24.7 Å². The Morgan fingerprint density at radius 2 is 1.90 bits per heavy atom. The van der Waals surface area contributed by atoms with Gasteiger partial charge in [0.05, 0.1) is 19.8 Å². The fraction of sp³-hybridized carbons (Fsp3) is 0.375. The van der Waals surface area contributed by atoms with E-state index >= 15 is 0 Å². The van der Waals surface area contributed by atoms with Crippen LogP contribution in [0.4, 0.5) is 4.39 Å². The van der Waals surface area contributed by atoms with Crippen LogP contribution in [0.25, 0.3) is 10.9 Å². The van der Waals surface area contributed by atoms with Crippen LogP contribution in [-0.2, 0) is 12.0 Å². The number of likely N-dealkylation sites (tertiary alicyclic amines) is 1. The number of hydrogen-bond donors (Lipinski definition) is 2. The molecule has 3 aromatic rings. The highest BCUT2D eigenvalue weighted by Gasteiger charge is 2.42. The van der Waals surface area contributed by atoms with Gasteiger partial charge in [-0.1, -0.05) is 0 Å². The predicted octanol–water partition coefficient (Wildman–Crippen LogP) is 3.60. The van der Waals surface area contributed by atoms with Gasteiger partial charge in [-0.2, -0.15) is 0 Å². The first kappa shape index (κ1) is 19.9. The van der Waals surface area contributed by atoms with Crippen LogP contribution in [0, 0.1) is 5.82 Å². The monoisotopic (exact) mass is 423 g/mol. The summed E-state index contributed by atoms with van der Waals surface area (Å²) in [5.41, 5.74) is 3.85. The molecule has 2 aromatic carbocycles. The molecule has 1 aromatic heterocycles. The third kappa shape index (κ3) is 3.24. The van der Waals surface area contributed by atoms with Crippen molar-refractivity contribution in [1.82, 2.24) is 15.2 Å². The maximum absolute atomic E-state index is 14.1. The highest BCUT2D eigenvalue weighted by molar-refractivity contribution is 5.94. The molecule has 1 spiro atoms. The van der Waals surface area contributed by atoms with E-state index in [2.05, 4.69) is 22.4 Å². The molecule has 162 valence electrons. The third-order valence-corrected chi connectivity index (χ3v) is 6.73. The van der Waals surface area contributed by atoms with E-state index in [0.717, 1.165) is 37.1 Å². The van der Waals surface area contributed by atoms with Crippen molar-refractivity contribution in [3.05, 3.63) is 59.0 Å². The van der Waals surface area contributed by atoms with Gasteiger partial charge in [-0.15, -0.1) is 0 Å². The van der Waals surface area contributed by atoms with Gasteiger partial charge in [0, 0.05) is 41.8 Å². The molecule has 0 atom stereocenters. The second kappa shape index (κ2) is 7.57. The summed E-state index contributed by atoms with van der Waals surface area (Å²) in [5.74, 6) is 0.334. The van der Waals surface area contributed by atoms with Crippen molar-refractivity contribution in [2.75, 3.05) is 33.9 Å². The Labute approximate surface area is 180 Å². The Morgan fingerprint density at radius 1 is 1.10 bits per heavy atom. The van der Waals surface area contributed by atoms with E-state index in [9.17, 15) is 9.18 Å². The highest BCUT2D eigenvalue weighted by atomic mass is 19.1. The summed E-state index contributed by atoms with van der Waals surface area (Å²) in [5, 5.41) is 4.94. The molecule has 0 unspecified atom stereocenters. The molecule has 0 saturated carbocycles. The third-order valence-electron chi connectivity index (χ3n) is 6.73. The minimum atomic E-state index is -0.520. The number of aromatic amines is 1. The summed E-state index contributed by atoms with van der Waals surface area (Å²) in [6.07, 6.45) is 2.56. The smallest absolute Gasteiger partial charge is 0.253 e. The van der Waals surface area contributed by atoms with Gasteiger partial charge in [-0.25, -0.2) is 4.39 Å². The normalized spacial score (nSPS) is 17.6. The van der Waals surface area contributed by atoms with Gasteiger partial charge in [-0.05, 0) is 61.2 Å². The van der Waals surface area contributed by atoms with Crippen molar-refractivity contribution < 1.29 is 18.7 Å². The number of piperidine rings is 1. The van der Waals surface area contributed by atoms with Crippen molar-refractivity contribution in [3.8, 4) is 11.5 Å². The second-order valence-electron chi connectivity index (χ2n) is 8.29. The lowest BCUT2D eigenvalue weighted by Gasteiger charge is -2.44. The first-order valence-corrected chi connectivity index (χ1v) is 10.6. The Kier molecular flexibility index (Phi) is 4.85. The predicted molar refractivity (Wildman–Crippen MR) is 116 cm³/mol. The fourth-order valence-electron chi connectivity index (χ4n) is 5.04. The Bertz CT molecular complexity index is 1150. The Balaban J connectivity index is 1.39. The lowest BCUT2D eigenvalue weighted by Crippen LogP contribution is -2.55. The molecular formula is C24H26FN3O3. The van der Waals surface area contributed by atoms with Crippen LogP contribution < -0.4 is 14.8 Å². The number of rotatable bonds is 3. The quantitative estimate of drug-likeness (QED) is 0.676. The average molecular weight is 423 g/mol. The number of benzene rings is 2. The van der Waals surface area contributed by atoms with E-state index in [4.69, 9.17) is 9.47 Å². The zero-order valence-corrected chi connectivity index (χ0v) is 17.8. The summed E-state index contributed by atoms with van der Waals surface area (Å²) in [6, 6.07) is 10.5. The first-order valence-electron chi connectivity index (χ1n) is 10.6. The van der Waals surface area contributed by atoms with Crippen LogP contribution in [0.15, 0.2) is 36.4 Å². The summed E-state index contributed by atoms with van der Waals surface area (Å²) in [6.45, 7) is 2.12. The lowest BCUT2D eigenvalue weighted by atomic mass is 9.79. The number of methoxy groups -OCH3 is 2. The highest BCUT2D eigenvalue weighted by Crippen LogP contribution is 2.41. The first-order chi connectivity index (χ1) is 15.0. The zero-order valence-electron chi connectivity index (χ0n) is 17.8. The van der Waals surface area contributed by atoms with Crippen LogP contribution >= 0.6 is 0 Å². The SMILES string of the molecule is COc1ccc2[nH]c3c(c2c1)CCNC31CCN(C(=O)c2ccc(OC)c(F)c2)CC1. The minimum absolute atomic E-state index is 0.142. The van der Waals surface area contributed by atoms with E-state index < -0.39 is 5.82 Å². The van der Waals surface area contributed by atoms with E-state index in [1.54, 1.807) is 13.2 Å². The molecular weight excluding hydrogens is 397 g/mol. The number of aromatic nitrogens is 1. The van der Waals surface area contributed by atoms with Crippen molar-refractivity contribution in [3.63, 3.8) is 0 Å². The van der Waals surface area contributed by atoms with Crippen LogP contribution in [0.3, 0.4) is 0 Å². The van der Waals surface area contributed by atoms with E-state index in [1.165, 1.54) is 35.9 Å². The molecule has 5 rings (SSSR count). The minimum Gasteiger partial charge on any atom is -0.497 e. The molecule has 0 aliphatic carbocycles. The molecule has 1 saturated heterocycles. The molecule has 7 heteroatoms. The summed E-state index contributed by atoms with van der Waals surface area (Å²) >= 11 is 0. The summed E-state index contributed by atoms with van der Waals surface area (Å²) in [4.78, 5) is 18.4. The molecule has 0 radical (unpaired) electrons. The molecule has 0 bridgehead atoms. The lowest BCUT2D eigenvalue weighted by molar-refractivity contribution is 0.0626. The number of amides is 1. The molecule has 1 fully saturated rings. The summed E-state index contributed by atoms with van der Waals surface area (Å²) < 4.78 is 24.4. The molecule has 6 nitrogen and oxygen atoms in total. The van der Waals surface area contributed by atoms with Crippen molar-refractivity contribution in [1.29, 1.82) is 0 Å². The van der Waals surface area contributed by atoms with E-state index in [0.29, 0.717) is 18.7 Å². The van der Waals surface area contributed by atoms with Gasteiger partial charge in [-0.3, -0.25) is 4.79 Å². The molecule has 31 heavy (non-hydrogen) atoms. The topological polar surface area (TPSA) is 66.6 Å². The molecule has 1 amide bonds. The number of H-pyrrole nitrogens is 1. The number of nitrogens with one attached hydrogen (secondary N) is 2. The van der Waals surface area contributed by atoms with Crippen LogP contribution in [0.1, 0.15) is 34.5 Å².